The summed E-state index contributed by atoms with van der Waals surface area (Å²) < 4.78 is 14.2. The van der Waals surface area contributed by atoms with Gasteiger partial charge in [-0.25, -0.2) is 15.0 Å². The number of nitrogens with zero attached hydrogens (tertiary/aromatic N) is 5. The number of hydrogen-bond acceptors (Lipinski definition) is 6. The summed E-state index contributed by atoms with van der Waals surface area (Å²) in [7, 11) is 3.29. The number of aromatic nitrogens is 5. The minimum atomic E-state index is -0.102. The van der Waals surface area contributed by atoms with Crippen LogP contribution in [0.2, 0.25) is 0 Å². The fourth-order valence-electron chi connectivity index (χ4n) is 4.21. The molecule has 33 heavy (non-hydrogen) atoms. The Morgan fingerprint density at radius 1 is 0.909 bits per heavy atom. The quantitative estimate of drug-likeness (QED) is 0.355. The van der Waals surface area contributed by atoms with Crippen LogP contribution in [0, 0.1) is 0 Å². The van der Waals surface area contributed by atoms with Gasteiger partial charge in [-0.05, 0) is 42.8 Å². The fourth-order valence-corrected chi connectivity index (χ4v) is 4.21. The summed E-state index contributed by atoms with van der Waals surface area (Å²) in [6.07, 6.45) is 1.35. The number of fused-ring (bicyclic) bond motifs is 4. The molecule has 0 amide bonds. The van der Waals surface area contributed by atoms with Crippen molar-refractivity contribution in [2.24, 2.45) is 0 Å². The van der Waals surface area contributed by atoms with Crippen LogP contribution in [0.4, 0.5) is 0 Å². The first kappa shape index (κ1) is 21.1. The molecule has 5 aromatic rings. The smallest absolute Gasteiger partial charge is 0.265 e. The highest BCUT2D eigenvalue weighted by atomic mass is 16.5. The first-order chi connectivity index (χ1) is 16.2. The number of ether oxygens (including phenoxy) is 2. The summed E-state index contributed by atoms with van der Waals surface area (Å²) in [6, 6.07) is 15.3. The molecule has 2 aromatic carbocycles. The Hall–Kier alpha value is -3.78. The van der Waals surface area contributed by atoms with Crippen LogP contribution in [0.1, 0.15) is 19.2 Å². The number of aryl methyl sites for hydroxylation is 1. The van der Waals surface area contributed by atoms with Crippen LogP contribution < -0.4 is 10.3 Å². The number of methoxy groups -OCH3 is 2. The third kappa shape index (κ3) is 3.52. The predicted molar refractivity (Wildman–Crippen MR) is 128 cm³/mol. The highest BCUT2D eigenvalue weighted by molar-refractivity contribution is 6.05. The van der Waals surface area contributed by atoms with Gasteiger partial charge >= 0.3 is 0 Å². The van der Waals surface area contributed by atoms with Crippen LogP contribution >= 0.6 is 0 Å². The van der Waals surface area contributed by atoms with E-state index in [1.807, 2.05) is 60.0 Å². The van der Waals surface area contributed by atoms with Crippen molar-refractivity contribution >= 4 is 33.2 Å². The first-order valence-corrected chi connectivity index (χ1v) is 11.0. The van der Waals surface area contributed by atoms with Gasteiger partial charge in [0.15, 0.2) is 11.3 Å². The molecule has 0 atom stereocenters. The van der Waals surface area contributed by atoms with Crippen molar-refractivity contribution in [1.29, 1.82) is 0 Å². The topological polar surface area (TPSA) is 84.1 Å². The number of para-hydroxylation sites is 2. The molecule has 0 N–H and O–H groups in total. The summed E-state index contributed by atoms with van der Waals surface area (Å²) in [5.41, 5.74) is 3.97. The molecule has 0 unspecified atom stereocenters. The molecule has 0 spiro atoms. The minimum absolute atomic E-state index is 0.102. The lowest BCUT2D eigenvalue weighted by Gasteiger charge is -2.12. The molecule has 0 aliphatic carbocycles. The molecule has 168 valence electrons. The molecule has 0 saturated heterocycles. The van der Waals surface area contributed by atoms with Crippen molar-refractivity contribution < 1.29 is 9.47 Å². The van der Waals surface area contributed by atoms with Crippen molar-refractivity contribution in [3.8, 4) is 11.4 Å². The van der Waals surface area contributed by atoms with Gasteiger partial charge in [-0.1, -0.05) is 19.1 Å². The summed E-state index contributed by atoms with van der Waals surface area (Å²) in [5.74, 6) is 1.48. The second-order valence-electron chi connectivity index (χ2n) is 7.80. The van der Waals surface area contributed by atoms with Gasteiger partial charge in [0.1, 0.15) is 22.5 Å². The van der Waals surface area contributed by atoms with Crippen LogP contribution in [0.3, 0.4) is 0 Å². The molecular formula is C25H25N5O3. The van der Waals surface area contributed by atoms with E-state index in [1.54, 1.807) is 18.8 Å². The largest absolute Gasteiger partial charge is 0.497 e. The molecule has 3 heterocycles. The summed E-state index contributed by atoms with van der Waals surface area (Å²) in [4.78, 5) is 28.5. The van der Waals surface area contributed by atoms with Gasteiger partial charge in [0, 0.05) is 32.4 Å². The third-order valence-corrected chi connectivity index (χ3v) is 5.82. The van der Waals surface area contributed by atoms with Gasteiger partial charge in [0.2, 0.25) is 0 Å². The maximum absolute atomic E-state index is 13.8. The van der Waals surface area contributed by atoms with Crippen molar-refractivity contribution in [3.63, 3.8) is 0 Å². The standard InChI is InChI=1S/C25H25N5O3/c1-4-20-28-23-21(25(31)29(20)14-7-15-32-2)22-24(27-19-9-6-5-8-18(19)26-22)30(23)16-10-12-17(33-3)13-11-16/h5-6,8-13H,4,7,14-15H2,1-3H3. The van der Waals surface area contributed by atoms with Crippen LogP contribution in [0.5, 0.6) is 5.75 Å². The van der Waals surface area contributed by atoms with Crippen molar-refractivity contribution in [3.05, 3.63) is 64.7 Å². The number of rotatable bonds is 7. The monoisotopic (exact) mass is 443 g/mol. The Labute approximate surface area is 190 Å². The van der Waals surface area contributed by atoms with E-state index in [2.05, 4.69) is 0 Å². The van der Waals surface area contributed by atoms with E-state index in [0.717, 1.165) is 34.7 Å². The molecule has 0 aliphatic rings. The van der Waals surface area contributed by atoms with E-state index in [-0.39, 0.29) is 5.56 Å². The Morgan fingerprint density at radius 2 is 1.64 bits per heavy atom. The molecule has 8 nitrogen and oxygen atoms in total. The maximum atomic E-state index is 13.8. The van der Waals surface area contributed by atoms with E-state index in [4.69, 9.17) is 24.4 Å². The molecule has 0 aliphatic heterocycles. The Kier molecular flexibility index (Phi) is 5.51. The molecular weight excluding hydrogens is 418 g/mol. The molecule has 5 rings (SSSR count). The van der Waals surface area contributed by atoms with Gasteiger partial charge in [0.25, 0.3) is 5.56 Å². The fraction of sp³-hybridized carbons (Fsp3) is 0.280. The first-order valence-electron chi connectivity index (χ1n) is 11.0. The normalized spacial score (nSPS) is 11.6. The van der Waals surface area contributed by atoms with Crippen molar-refractivity contribution in [1.82, 2.24) is 24.1 Å². The molecule has 0 saturated carbocycles. The van der Waals surface area contributed by atoms with Crippen LogP contribution in [-0.4, -0.2) is 44.9 Å². The van der Waals surface area contributed by atoms with E-state index in [9.17, 15) is 4.79 Å². The molecule has 8 heteroatoms. The molecule has 0 fully saturated rings. The van der Waals surface area contributed by atoms with E-state index in [0.29, 0.717) is 41.8 Å². The predicted octanol–water partition coefficient (Wildman–Crippen LogP) is 3.89. The van der Waals surface area contributed by atoms with Gasteiger partial charge in [0.05, 0.1) is 18.1 Å². The zero-order valence-corrected chi connectivity index (χ0v) is 18.9. The van der Waals surface area contributed by atoms with Crippen LogP contribution in [-0.2, 0) is 17.7 Å². The van der Waals surface area contributed by atoms with Gasteiger partial charge in [-0.2, -0.15) is 0 Å². The average Bonchev–Trinajstić information content (AvgIpc) is 3.17. The van der Waals surface area contributed by atoms with Gasteiger partial charge in [-0.3, -0.25) is 13.9 Å². The van der Waals surface area contributed by atoms with E-state index >= 15 is 0 Å². The van der Waals surface area contributed by atoms with Crippen molar-refractivity contribution in [2.75, 3.05) is 20.8 Å². The van der Waals surface area contributed by atoms with E-state index < -0.39 is 0 Å². The summed E-state index contributed by atoms with van der Waals surface area (Å²) in [5, 5.41) is 0.480. The minimum Gasteiger partial charge on any atom is -0.497 e. The molecule has 3 aromatic heterocycles. The highest BCUT2D eigenvalue weighted by Gasteiger charge is 2.22. The second-order valence-corrected chi connectivity index (χ2v) is 7.80. The zero-order valence-electron chi connectivity index (χ0n) is 18.9. The lowest BCUT2D eigenvalue weighted by atomic mass is 10.2. The number of hydrogen-bond donors (Lipinski definition) is 0. The Morgan fingerprint density at radius 3 is 2.30 bits per heavy atom. The van der Waals surface area contributed by atoms with Gasteiger partial charge < -0.3 is 9.47 Å². The average molecular weight is 444 g/mol. The Balaban J connectivity index is 1.89. The summed E-state index contributed by atoms with van der Waals surface area (Å²) >= 11 is 0. The SMILES string of the molecule is CCc1nc2c(c(=O)n1CCCOC)c1nc3ccccc3nc1n2-c1ccc(OC)cc1. The van der Waals surface area contributed by atoms with E-state index in [1.165, 1.54) is 0 Å². The lowest BCUT2D eigenvalue weighted by molar-refractivity contribution is 0.189. The highest BCUT2D eigenvalue weighted by Crippen LogP contribution is 2.29. The van der Waals surface area contributed by atoms with Crippen LogP contribution in [0.15, 0.2) is 53.3 Å². The maximum Gasteiger partial charge on any atom is 0.265 e. The summed E-state index contributed by atoms with van der Waals surface area (Å²) in [6.45, 7) is 3.12. The van der Waals surface area contributed by atoms with Crippen molar-refractivity contribution in [2.45, 2.75) is 26.3 Å². The Bertz CT molecular complexity index is 1520. The van der Waals surface area contributed by atoms with Gasteiger partial charge in [-0.15, -0.1) is 0 Å². The number of benzene rings is 2. The second kappa shape index (κ2) is 8.63. The lowest BCUT2D eigenvalue weighted by Crippen LogP contribution is -2.26. The molecule has 0 radical (unpaired) electrons. The molecule has 0 bridgehead atoms. The zero-order chi connectivity index (χ0) is 22.9. The third-order valence-electron chi connectivity index (χ3n) is 5.82. The van der Waals surface area contributed by atoms with Crippen LogP contribution in [0.25, 0.3) is 38.9 Å².